The van der Waals surface area contributed by atoms with Gasteiger partial charge in [0, 0.05) is 12.1 Å². The van der Waals surface area contributed by atoms with Crippen LogP contribution >= 0.6 is 0 Å². The molecule has 0 aromatic carbocycles. The summed E-state index contributed by atoms with van der Waals surface area (Å²) in [5.41, 5.74) is -0.980. The number of carbonyl (C=O) groups is 1. The van der Waals surface area contributed by atoms with Crippen molar-refractivity contribution in [2.24, 2.45) is 5.92 Å². The summed E-state index contributed by atoms with van der Waals surface area (Å²) in [5.74, 6) is 0.221. The summed E-state index contributed by atoms with van der Waals surface area (Å²) in [6, 6.07) is 3.62. The van der Waals surface area contributed by atoms with E-state index in [1.807, 2.05) is 6.07 Å². The molecule has 0 saturated heterocycles. The van der Waals surface area contributed by atoms with Crippen LogP contribution in [0.2, 0.25) is 0 Å². The fourth-order valence-corrected chi connectivity index (χ4v) is 1.65. The SMILES string of the molecule is CC(C)(O)C(C)(C)O[B]c1cnc(NC(=O)C2CC2)c(C#N)c1. The first-order valence-electron chi connectivity index (χ1n) is 7.58. The molecule has 1 saturated carbocycles. The van der Waals surface area contributed by atoms with E-state index in [2.05, 4.69) is 10.3 Å². The first-order chi connectivity index (χ1) is 10.6. The van der Waals surface area contributed by atoms with Gasteiger partial charge in [-0.25, -0.2) is 4.98 Å². The Morgan fingerprint density at radius 3 is 2.65 bits per heavy atom. The van der Waals surface area contributed by atoms with Crippen LogP contribution in [-0.4, -0.2) is 34.7 Å². The van der Waals surface area contributed by atoms with Crippen LogP contribution in [0.1, 0.15) is 46.1 Å². The number of aliphatic hydroxyl groups is 1. The highest BCUT2D eigenvalue weighted by atomic mass is 16.5. The highest BCUT2D eigenvalue weighted by Gasteiger charge is 2.36. The molecule has 1 amide bonds. The van der Waals surface area contributed by atoms with E-state index in [-0.39, 0.29) is 23.2 Å². The maximum Gasteiger partial charge on any atom is 0.332 e. The number of carbonyl (C=O) groups excluding carboxylic acids is 1. The Morgan fingerprint density at radius 2 is 2.13 bits per heavy atom. The summed E-state index contributed by atoms with van der Waals surface area (Å²) in [6.45, 7) is 6.87. The Morgan fingerprint density at radius 1 is 1.48 bits per heavy atom. The topological polar surface area (TPSA) is 95.2 Å². The van der Waals surface area contributed by atoms with Crippen LogP contribution in [0.15, 0.2) is 12.3 Å². The monoisotopic (exact) mass is 314 g/mol. The number of rotatable bonds is 6. The minimum absolute atomic E-state index is 0.0468. The van der Waals surface area contributed by atoms with Gasteiger partial charge in [-0.05, 0) is 52.1 Å². The molecule has 6 nitrogen and oxygen atoms in total. The molecule has 1 aliphatic rings. The average molecular weight is 314 g/mol. The number of hydrogen-bond donors (Lipinski definition) is 2. The zero-order chi connectivity index (χ0) is 17.3. The number of hydrogen-bond acceptors (Lipinski definition) is 5. The van der Waals surface area contributed by atoms with Gasteiger partial charge < -0.3 is 15.1 Å². The quantitative estimate of drug-likeness (QED) is 0.767. The smallest absolute Gasteiger partial charge is 0.332 e. The molecular formula is C16H21BN3O3. The molecule has 0 unspecified atom stereocenters. The molecule has 0 aliphatic heterocycles. The van der Waals surface area contributed by atoms with Crippen LogP contribution in [-0.2, 0) is 9.45 Å². The van der Waals surface area contributed by atoms with Crippen molar-refractivity contribution in [3.8, 4) is 6.07 Å². The van der Waals surface area contributed by atoms with E-state index in [0.29, 0.717) is 5.46 Å². The second kappa shape index (κ2) is 6.30. The number of nitrogens with zero attached hydrogens (tertiary/aromatic N) is 2. The second-order valence-corrected chi connectivity index (χ2v) is 6.85. The summed E-state index contributed by atoms with van der Waals surface area (Å²) in [5, 5.41) is 22.0. The van der Waals surface area contributed by atoms with Crippen LogP contribution in [0, 0.1) is 17.2 Å². The minimum atomic E-state index is -1.03. The lowest BCUT2D eigenvalue weighted by Gasteiger charge is -2.37. The second-order valence-electron chi connectivity index (χ2n) is 6.85. The van der Waals surface area contributed by atoms with Gasteiger partial charge in [0.2, 0.25) is 5.91 Å². The lowest BCUT2D eigenvalue weighted by Crippen LogP contribution is -2.49. The van der Waals surface area contributed by atoms with Crippen LogP contribution in [0.3, 0.4) is 0 Å². The van der Waals surface area contributed by atoms with Gasteiger partial charge in [-0.2, -0.15) is 5.26 Å². The van der Waals surface area contributed by atoms with Crippen molar-refractivity contribution in [1.82, 2.24) is 4.98 Å². The van der Waals surface area contributed by atoms with Gasteiger partial charge in [-0.1, -0.05) is 0 Å². The fraction of sp³-hybridized carbons (Fsp3) is 0.562. The van der Waals surface area contributed by atoms with Crippen molar-refractivity contribution in [2.75, 3.05) is 5.32 Å². The molecule has 2 rings (SSSR count). The first-order valence-corrected chi connectivity index (χ1v) is 7.58. The van der Waals surface area contributed by atoms with Gasteiger partial charge in [0.15, 0.2) is 0 Å². The summed E-state index contributed by atoms with van der Waals surface area (Å²) in [6.07, 6.45) is 3.29. The number of anilines is 1. The minimum Gasteiger partial charge on any atom is -0.427 e. The maximum atomic E-state index is 11.8. The maximum absolute atomic E-state index is 11.8. The van der Waals surface area contributed by atoms with E-state index in [9.17, 15) is 15.2 Å². The molecule has 1 radical (unpaired) electrons. The predicted octanol–water partition coefficient (Wildman–Crippen LogP) is 1.11. The Kier molecular flexibility index (Phi) is 4.78. The van der Waals surface area contributed by atoms with Crippen LogP contribution in [0.4, 0.5) is 5.82 Å². The van der Waals surface area contributed by atoms with E-state index in [1.165, 1.54) is 13.7 Å². The molecule has 2 N–H and O–H groups in total. The molecule has 1 aromatic heterocycles. The number of nitriles is 1. The summed E-state index contributed by atoms with van der Waals surface area (Å²) in [4.78, 5) is 15.9. The Balaban J connectivity index is 2.07. The van der Waals surface area contributed by atoms with Gasteiger partial charge in [-0.15, -0.1) is 0 Å². The molecular weight excluding hydrogens is 293 g/mol. The normalized spacial score (nSPS) is 15.0. The Labute approximate surface area is 137 Å². The predicted molar refractivity (Wildman–Crippen MR) is 87.2 cm³/mol. The van der Waals surface area contributed by atoms with Crippen molar-refractivity contribution in [1.29, 1.82) is 5.26 Å². The zero-order valence-electron chi connectivity index (χ0n) is 13.9. The van der Waals surface area contributed by atoms with E-state index in [4.69, 9.17) is 4.65 Å². The summed E-state index contributed by atoms with van der Waals surface area (Å²) < 4.78 is 5.64. The zero-order valence-corrected chi connectivity index (χ0v) is 13.9. The molecule has 121 valence electrons. The van der Waals surface area contributed by atoms with E-state index < -0.39 is 11.2 Å². The average Bonchev–Trinajstić information content (AvgIpc) is 3.29. The van der Waals surface area contributed by atoms with Crippen molar-refractivity contribution in [3.05, 3.63) is 17.8 Å². The third kappa shape index (κ3) is 4.30. The molecule has 1 aromatic rings. The Hall–Kier alpha value is -1.91. The molecule has 7 heteroatoms. The van der Waals surface area contributed by atoms with Crippen molar-refractivity contribution >= 4 is 24.7 Å². The highest BCUT2D eigenvalue weighted by molar-refractivity contribution is 6.47. The highest BCUT2D eigenvalue weighted by Crippen LogP contribution is 2.30. The molecule has 0 spiro atoms. The third-order valence-electron chi connectivity index (χ3n) is 4.18. The van der Waals surface area contributed by atoms with Gasteiger partial charge in [0.25, 0.3) is 0 Å². The third-order valence-corrected chi connectivity index (χ3v) is 4.18. The molecule has 0 atom stereocenters. The summed E-state index contributed by atoms with van der Waals surface area (Å²) in [7, 11) is 1.46. The molecule has 1 aliphatic carbocycles. The van der Waals surface area contributed by atoms with E-state index >= 15 is 0 Å². The molecule has 23 heavy (non-hydrogen) atoms. The molecule has 1 heterocycles. The molecule has 1 fully saturated rings. The first kappa shape index (κ1) is 17.4. The fourth-order valence-electron chi connectivity index (χ4n) is 1.65. The molecule has 0 bridgehead atoms. The number of amides is 1. The van der Waals surface area contributed by atoms with E-state index in [1.54, 1.807) is 33.8 Å². The van der Waals surface area contributed by atoms with Gasteiger partial charge in [-0.3, -0.25) is 4.79 Å². The Bertz CT molecular complexity index is 643. The van der Waals surface area contributed by atoms with Gasteiger partial charge in [0.05, 0.1) is 16.8 Å². The van der Waals surface area contributed by atoms with Crippen LogP contribution in [0.25, 0.3) is 0 Å². The number of pyridine rings is 1. The van der Waals surface area contributed by atoms with Crippen LogP contribution in [0.5, 0.6) is 0 Å². The van der Waals surface area contributed by atoms with Crippen molar-refractivity contribution in [3.63, 3.8) is 0 Å². The largest absolute Gasteiger partial charge is 0.427 e. The van der Waals surface area contributed by atoms with Gasteiger partial charge in [0.1, 0.15) is 11.9 Å². The van der Waals surface area contributed by atoms with E-state index in [0.717, 1.165) is 12.8 Å². The number of nitrogens with one attached hydrogen (secondary N) is 1. The lowest BCUT2D eigenvalue weighted by molar-refractivity contribution is -0.117. The standard InChI is InChI=1S/C16H21BN3O3/c1-15(2,22)16(3,4)23-17-12-7-11(8-18)13(19-9-12)20-14(21)10-5-6-10/h7,9-10,22H,5-6H2,1-4H3,(H,19,20,21). The summed E-state index contributed by atoms with van der Waals surface area (Å²) >= 11 is 0. The van der Waals surface area contributed by atoms with Crippen molar-refractivity contribution < 1.29 is 14.6 Å². The van der Waals surface area contributed by atoms with Crippen molar-refractivity contribution in [2.45, 2.75) is 51.7 Å². The number of aromatic nitrogens is 1. The van der Waals surface area contributed by atoms with Crippen LogP contribution < -0.4 is 10.8 Å². The lowest BCUT2D eigenvalue weighted by atomic mass is 9.83. The van der Waals surface area contributed by atoms with Gasteiger partial charge >= 0.3 is 7.48 Å².